The van der Waals surface area contributed by atoms with Crippen molar-refractivity contribution in [2.45, 2.75) is 39.5 Å². The highest BCUT2D eigenvalue weighted by molar-refractivity contribution is 7.10. The summed E-state index contributed by atoms with van der Waals surface area (Å²) in [5, 5.41) is 2.02. The monoisotopic (exact) mass is 222 g/mol. The van der Waals surface area contributed by atoms with Gasteiger partial charge in [-0.25, -0.2) is 0 Å². The van der Waals surface area contributed by atoms with Gasteiger partial charge in [0.2, 0.25) is 0 Å². The van der Waals surface area contributed by atoms with Crippen LogP contribution in [0.4, 0.5) is 0 Å². The molecule has 1 aliphatic carbocycles. The van der Waals surface area contributed by atoms with Gasteiger partial charge in [-0.3, -0.25) is 4.79 Å². The SMILES string of the molecule is Cc1sccc1C(=O)C1CCC(C)CC1. The van der Waals surface area contributed by atoms with Gasteiger partial charge in [0.15, 0.2) is 5.78 Å². The minimum Gasteiger partial charge on any atom is -0.294 e. The van der Waals surface area contributed by atoms with Crippen molar-refractivity contribution in [1.82, 2.24) is 0 Å². The van der Waals surface area contributed by atoms with Crippen molar-refractivity contribution in [2.75, 3.05) is 0 Å². The lowest BCUT2D eigenvalue weighted by molar-refractivity contribution is 0.0875. The highest BCUT2D eigenvalue weighted by atomic mass is 32.1. The van der Waals surface area contributed by atoms with Crippen LogP contribution in [0.3, 0.4) is 0 Å². The molecule has 0 N–H and O–H groups in total. The van der Waals surface area contributed by atoms with Crippen LogP contribution in [0, 0.1) is 18.8 Å². The second-order valence-corrected chi connectivity index (χ2v) is 5.83. The molecule has 15 heavy (non-hydrogen) atoms. The summed E-state index contributed by atoms with van der Waals surface area (Å²) in [6.07, 6.45) is 4.63. The molecule has 0 amide bonds. The zero-order chi connectivity index (χ0) is 10.8. The molecule has 1 nitrogen and oxygen atoms in total. The van der Waals surface area contributed by atoms with Gasteiger partial charge < -0.3 is 0 Å². The van der Waals surface area contributed by atoms with E-state index < -0.39 is 0 Å². The Kier molecular flexibility index (Phi) is 3.25. The number of ketones is 1. The van der Waals surface area contributed by atoms with Crippen molar-refractivity contribution >= 4 is 17.1 Å². The number of thiophene rings is 1. The summed E-state index contributed by atoms with van der Waals surface area (Å²) in [5.74, 6) is 1.51. The van der Waals surface area contributed by atoms with Gasteiger partial charge in [-0.15, -0.1) is 11.3 Å². The van der Waals surface area contributed by atoms with Gasteiger partial charge in [-0.2, -0.15) is 0 Å². The van der Waals surface area contributed by atoms with Crippen molar-refractivity contribution < 1.29 is 4.79 Å². The maximum Gasteiger partial charge on any atom is 0.167 e. The molecule has 0 radical (unpaired) electrons. The van der Waals surface area contributed by atoms with E-state index in [1.807, 2.05) is 18.4 Å². The summed E-state index contributed by atoms with van der Waals surface area (Å²) in [6, 6.07) is 1.99. The first kappa shape index (κ1) is 10.9. The van der Waals surface area contributed by atoms with Crippen LogP contribution in [0.5, 0.6) is 0 Å². The van der Waals surface area contributed by atoms with E-state index in [0.717, 1.165) is 24.3 Å². The molecule has 1 heterocycles. The summed E-state index contributed by atoms with van der Waals surface area (Å²) in [4.78, 5) is 13.4. The van der Waals surface area contributed by atoms with Crippen molar-refractivity contribution in [3.63, 3.8) is 0 Å². The van der Waals surface area contributed by atoms with Gasteiger partial charge >= 0.3 is 0 Å². The second kappa shape index (κ2) is 4.48. The van der Waals surface area contributed by atoms with E-state index in [0.29, 0.717) is 11.7 Å². The van der Waals surface area contributed by atoms with E-state index in [2.05, 4.69) is 6.92 Å². The highest BCUT2D eigenvalue weighted by Crippen LogP contribution is 2.31. The lowest BCUT2D eigenvalue weighted by Crippen LogP contribution is -2.21. The molecular formula is C13H18OS. The molecular weight excluding hydrogens is 204 g/mol. The minimum absolute atomic E-state index is 0.300. The molecule has 0 atom stereocenters. The average molecular weight is 222 g/mol. The van der Waals surface area contributed by atoms with E-state index in [1.54, 1.807) is 11.3 Å². The van der Waals surface area contributed by atoms with Gasteiger partial charge in [0.1, 0.15) is 0 Å². The van der Waals surface area contributed by atoms with Crippen LogP contribution in [0.25, 0.3) is 0 Å². The molecule has 0 unspecified atom stereocenters. The van der Waals surface area contributed by atoms with Crippen LogP contribution < -0.4 is 0 Å². The Morgan fingerprint density at radius 3 is 2.53 bits per heavy atom. The van der Waals surface area contributed by atoms with E-state index in [1.165, 1.54) is 17.7 Å². The quantitative estimate of drug-likeness (QED) is 0.689. The standard InChI is InChI=1S/C13H18OS/c1-9-3-5-11(6-4-9)13(14)12-7-8-15-10(12)2/h7-9,11H,3-6H2,1-2H3. The number of Topliss-reactive ketones (excluding diaryl/α,β-unsaturated/α-hetero) is 1. The first-order chi connectivity index (χ1) is 7.18. The lowest BCUT2D eigenvalue weighted by atomic mass is 9.79. The number of aryl methyl sites for hydroxylation is 1. The molecule has 1 aromatic rings. The Labute approximate surface area is 95.5 Å². The van der Waals surface area contributed by atoms with Crippen molar-refractivity contribution in [1.29, 1.82) is 0 Å². The number of hydrogen-bond donors (Lipinski definition) is 0. The van der Waals surface area contributed by atoms with Crippen molar-refractivity contribution in [3.8, 4) is 0 Å². The predicted octanol–water partition coefficient (Wildman–Crippen LogP) is 4.07. The Hall–Kier alpha value is -0.630. The maximum atomic E-state index is 12.2. The summed E-state index contributed by atoms with van der Waals surface area (Å²) < 4.78 is 0. The van der Waals surface area contributed by atoms with Gasteiger partial charge in [-0.1, -0.05) is 19.8 Å². The summed E-state index contributed by atoms with van der Waals surface area (Å²) in [6.45, 7) is 4.33. The van der Waals surface area contributed by atoms with Gasteiger partial charge in [0.25, 0.3) is 0 Å². The molecule has 82 valence electrons. The van der Waals surface area contributed by atoms with Gasteiger partial charge in [-0.05, 0) is 37.1 Å². The Balaban J connectivity index is 2.06. The largest absolute Gasteiger partial charge is 0.294 e. The minimum atomic E-state index is 0.300. The normalized spacial score (nSPS) is 26.5. The number of carbonyl (C=O) groups is 1. The van der Waals surface area contributed by atoms with Crippen LogP contribution in [-0.4, -0.2) is 5.78 Å². The smallest absolute Gasteiger partial charge is 0.167 e. The molecule has 2 heteroatoms. The summed E-state index contributed by atoms with van der Waals surface area (Å²) >= 11 is 1.68. The Bertz CT molecular complexity index is 345. The molecule has 0 aliphatic heterocycles. The zero-order valence-electron chi connectivity index (χ0n) is 9.45. The second-order valence-electron chi connectivity index (χ2n) is 4.71. The van der Waals surface area contributed by atoms with E-state index >= 15 is 0 Å². The number of rotatable bonds is 2. The van der Waals surface area contributed by atoms with Crippen LogP contribution >= 0.6 is 11.3 Å². The average Bonchev–Trinajstić information content (AvgIpc) is 2.65. The van der Waals surface area contributed by atoms with Gasteiger partial charge in [0.05, 0.1) is 0 Å². The van der Waals surface area contributed by atoms with Crippen LogP contribution in [0.1, 0.15) is 47.8 Å². The van der Waals surface area contributed by atoms with E-state index in [4.69, 9.17) is 0 Å². The summed E-state index contributed by atoms with van der Waals surface area (Å²) in [7, 11) is 0. The molecule has 1 fully saturated rings. The summed E-state index contributed by atoms with van der Waals surface area (Å²) in [5.41, 5.74) is 0.972. The number of carbonyl (C=O) groups excluding carboxylic acids is 1. The molecule has 1 aliphatic rings. The molecule has 0 spiro atoms. The zero-order valence-corrected chi connectivity index (χ0v) is 10.3. The third kappa shape index (κ3) is 2.31. The molecule has 0 aromatic carbocycles. The molecule has 1 saturated carbocycles. The maximum absolute atomic E-state index is 12.2. The highest BCUT2D eigenvalue weighted by Gasteiger charge is 2.26. The van der Waals surface area contributed by atoms with Crippen LogP contribution in [0.15, 0.2) is 11.4 Å². The first-order valence-corrected chi connectivity index (χ1v) is 6.64. The van der Waals surface area contributed by atoms with Crippen molar-refractivity contribution in [3.05, 3.63) is 21.9 Å². The Morgan fingerprint density at radius 2 is 2.00 bits per heavy atom. The topological polar surface area (TPSA) is 17.1 Å². The first-order valence-electron chi connectivity index (χ1n) is 5.76. The molecule has 2 rings (SSSR count). The van der Waals surface area contributed by atoms with Crippen LogP contribution in [-0.2, 0) is 0 Å². The fourth-order valence-electron chi connectivity index (χ4n) is 2.38. The van der Waals surface area contributed by atoms with Crippen LogP contribution in [0.2, 0.25) is 0 Å². The molecule has 0 bridgehead atoms. The molecule has 0 saturated heterocycles. The number of hydrogen-bond acceptors (Lipinski definition) is 2. The lowest BCUT2D eigenvalue weighted by Gasteiger charge is -2.24. The third-order valence-electron chi connectivity index (χ3n) is 3.51. The van der Waals surface area contributed by atoms with Gasteiger partial charge in [0, 0.05) is 16.4 Å². The fraction of sp³-hybridized carbons (Fsp3) is 0.615. The Morgan fingerprint density at radius 1 is 1.33 bits per heavy atom. The third-order valence-corrected chi connectivity index (χ3v) is 4.36. The van der Waals surface area contributed by atoms with E-state index in [-0.39, 0.29) is 0 Å². The predicted molar refractivity (Wildman–Crippen MR) is 64.5 cm³/mol. The van der Waals surface area contributed by atoms with E-state index in [9.17, 15) is 4.79 Å². The molecule has 1 aromatic heterocycles. The fourth-order valence-corrected chi connectivity index (χ4v) is 3.09. The van der Waals surface area contributed by atoms with Crippen molar-refractivity contribution in [2.24, 2.45) is 11.8 Å².